The Kier molecular flexibility index (Phi) is 11.8. The molecule has 1 aromatic rings. The summed E-state index contributed by atoms with van der Waals surface area (Å²) in [5.41, 5.74) is 0.881. The lowest BCUT2D eigenvalue weighted by Gasteiger charge is -2.34. The number of hydrogen-bond donors (Lipinski definition) is 1. The lowest BCUT2D eigenvalue weighted by atomic mass is 10.1. The van der Waals surface area contributed by atoms with Crippen LogP contribution in [-0.2, 0) is 16.0 Å². The Balaban J connectivity index is 0.00000338. The maximum absolute atomic E-state index is 13.3. The van der Waals surface area contributed by atoms with Gasteiger partial charge in [0.15, 0.2) is 5.96 Å². The molecule has 1 aliphatic heterocycles. The van der Waals surface area contributed by atoms with Gasteiger partial charge in [-0.25, -0.2) is 9.38 Å². The molecule has 7 heteroatoms. The molecule has 1 heterocycles. The van der Waals surface area contributed by atoms with E-state index in [9.17, 15) is 4.39 Å². The van der Waals surface area contributed by atoms with Crippen molar-refractivity contribution in [1.82, 2.24) is 10.2 Å². The summed E-state index contributed by atoms with van der Waals surface area (Å²) >= 11 is 0. The van der Waals surface area contributed by atoms with E-state index in [1.165, 1.54) is 12.1 Å². The molecular weight excluding hydrogens is 448 g/mol. The van der Waals surface area contributed by atoms with E-state index < -0.39 is 0 Å². The van der Waals surface area contributed by atoms with Gasteiger partial charge in [-0.2, -0.15) is 0 Å². The van der Waals surface area contributed by atoms with Crippen molar-refractivity contribution in [1.29, 1.82) is 0 Å². The van der Waals surface area contributed by atoms with Crippen molar-refractivity contribution in [3.8, 4) is 0 Å². The lowest BCUT2D eigenvalue weighted by molar-refractivity contribution is 0.00990. The maximum Gasteiger partial charge on any atom is 0.194 e. The van der Waals surface area contributed by atoms with Crippen LogP contribution in [0.3, 0.4) is 0 Å². The molecule has 0 amide bonds. The van der Waals surface area contributed by atoms with Gasteiger partial charge in [-0.15, -0.1) is 24.0 Å². The van der Waals surface area contributed by atoms with Crippen LogP contribution in [0.2, 0.25) is 0 Å². The first-order valence-electron chi connectivity index (χ1n) is 9.11. The van der Waals surface area contributed by atoms with E-state index in [1.807, 2.05) is 6.07 Å². The first-order valence-corrected chi connectivity index (χ1v) is 9.11. The predicted molar refractivity (Wildman–Crippen MR) is 114 cm³/mol. The molecule has 1 N–H and O–H groups in total. The van der Waals surface area contributed by atoms with Crippen LogP contribution >= 0.6 is 24.0 Å². The molecule has 0 aliphatic carbocycles. The molecule has 26 heavy (non-hydrogen) atoms. The van der Waals surface area contributed by atoms with Crippen molar-refractivity contribution in [2.75, 3.05) is 40.0 Å². The van der Waals surface area contributed by atoms with Crippen molar-refractivity contribution in [3.05, 3.63) is 35.6 Å². The normalized spacial score (nSPS) is 15.7. The largest absolute Gasteiger partial charge is 0.385 e. The second kappa shape index (κ2) is 13.3. The number of nitrogens with one attached hydrogen (secondary N) is 1. The van der Waals surface area contributed by atoms with Gasteiger partial charge in [0.2, 0.25) is 0 Å². The second-order valence-corrected chi connectivity index (χ2v) is 6.20. The number of guanidine groups is 1. The van der Waals surface area contributed by atoms with E-state index in [4.69, 9.17) is 9.47 Å². The number of piperidine rings is 1. The molecule has 0 bridgehead atoms. The number of methoxy groups -OCH3 is 1. The number of rotatable bonds is 8. The van der Waals surface area contributed by atoms with Gasteiger partial charge in [-0.05, 0) is 43.9 Å². The molecule has 0 unspecified atom stereocenters. The van der Waals surface area contributed by atoms with Gasteiger partial charge in [0.25, 0.3) is 0 Å². The highest BCUT2D eigenvalue weighted by Crippen LogP contribution is 2.15. The van der Waals surface area contributed by atoms with E-state index in [0.717, 1.165) is 63.6 Å². The van der Waals surface area contributed by atoms with E-state index in [2.05, 4.69) is 22.1 Å². The molecular formula is C19H31FIN3O2. The topological polar surface area (TPSA) is 46.1 Å². The number of likely N-dealkylation sites (tertiary alicyclic amines) is 1. The molecule has 0 aromatic heterocycles. The zero-order valence-corrected chi connectivity index (χ0v) is 18.1. The number of halogens is 2. The third kappa shape index (κ3) is 8.18. The predicted octanol–water partition coefficient (Wildman–Crippen LogP) is 3.43. The first-order chi connectivity index (χ1) is 12.2. The number of nitrogens with zero attached hydrogens (tertiary/aromatic N) is 2. The molecule has 0 radical (unpaired) electrons. The molecule has 0 saturated carbocycles. The van der Waals surface area contributed by atoms with Crippen molar-refractivity contribution in [3.63, 3.8) is 0 Å². The van der Waals surface area contributed by atoms with Gasteiger partial charge in [0.1, 0.15) is 5.82 Å². The van der Waals surface area contributed by atoms with E-state index in [-0.39, 0.29) is 29.8 Å². The molecule has 1 aliphatic rings. The summed E-state index contributed by atoms with van der Waals surface area (Å²) in [5.74, 6) is 0.675. The smallest absolute Gasteiger partial charge is 0.194 e. The average Bonchev–Trinajstić information content (AvgIpc) is 2.63. The average molecular weight is 479 g/mol. The summed E-state index contributed by atoms with van der Waals surface area (Å²) in [5, 5.41) is 3.34. The van der Waals surface area contributed by atoms with Crippen LogP contribution in [0.25, 0.3) is 0 Å². The fraction of sp³-hybridized carbons (Fsp3) is 0.632. The van der Waals surface area contributed by atoms with Gasteiger partial charge in [0.05, 0.1) is 12.6 Å². The fourth-order valence-electron chi connectivity index (χ4n) is 2.91. The van der Waals surface area contributed by atoms with E-state index in [0.29, 0.717) is 12.6 Å². The summed E-state index contributed by atoms with van der Waals surface area (Å²) in [7, 11) is 1.71. The Morgan fingerprint density at radius 1 is 1.31 bits per heavy atom. The maximum atomic E-state index is 13.3. The van der Waals surface area contributed by atoms with Crippen LogP contribution in [0, 0.1) is 5.82 Å². The van der Waals surface area contributed by atoms with Crippen molar-refractivity contribution in [2.45, 2.75) is 38.8 Å². The summed E-state index contributed by atoms with van der Waals surface area (Å²) in [6.45, 7) is 6.70. The summed E-state index contributed by atoms with van der Waals surface area (Å²) in [6, 6.07) is 6.61. The summed E-state index contributed by atoms with van der Waals surface area (Å²) < 4.78 is 24.2. The second-order valence-electron chi connectivity index (χ2n) is 6.20. The molecule has 148 valence electrons. The molecule has 1 fully saturated rings. The number of hydrogen-bond acceptors (Lipinski definition) is 3. The molecule has 5 nitrogen and oxygen atoms in total. The Morgan fingerprint density at radius 3 is 2.73 bits per heavy atom. The van der Waals surface area contributed by atoms with Gasteiger partial charge in [0, 0.05) is 40.0 Å². The highest BCUT2D eigenvalue weighted by molar-refractivity contribution is 14.0. The fourth-order valence-corrected chi connectivity index (χ4v) is 2.91. The molecule has 0 atom stereocenters. The summed E-state index contributed by atoms with van der Waals surface area (Å²) in [6.07, 6.45) is 3.25. The van der Waals surface area contributed by atoms with Gasteiger partial charge >= 0.3 is 0 Å². The highest BCUT2D eigenvalue weighted by Gasteiger charge is 2.21. The van der Waals surface area contributed by atoms with Crippen LogP contribution < -0.4 is 5.32 Å². The van der Waals surface area contributed by atoms with Crippen LogP contribution in [0.5, 0.6) is 0 Å². The SMILES string of the molecule is CCNC(=NCc1cccc(F)c1)N1CCC(OCCCOC)CC1.I. The minimum Gasteiger partial charge on any atom is -0.385 e. The monoisotopic (exact) mass is 479 g/mol. The standard InChI is InChI=1S/C19H30FN3O2.HI/c1-3-21-19(22-15-16-6-4-7-17(20)14-16)23-10-8-18(9-11-23)25-13-5-12-24-2;/h4,6-7,14,18H,3,5,8-13,15H2,1-2H3,(H,21,22);1H. The Labute approximate surface area is 173 Å². The molecule has 2 rings (SSSR count). The molecule has 0 spiro atoms. The van der Waals surface area contributed by atoms with Crippen molar-refractivity contribution in [2.24, 2.45) is 4.99 Å². The number of benzene rings is 1. The van der Waals surface area contributed by atoms with Crippen molar-refractivity contribution < 1.29 is 13.9 Å². The van der Waals surface area contributed by atoms with Crippen molar-refractivity contribution >= 4 is 29.9 Å². The van der Waals surface area contributed by atoms with Gasteiger partial charge < -0.3 is 19.7 Å². The molecule has 1 aromatic carbocycles. The Morgan fingerprint density at radius 2 is 2.08 bits per heavy atom. The first kappa shape index (κ1) is 23.1. The van der Waals surface area contributed by atoms with E-state index in [1.54, 1.807) is 13.2 Å². The van der Waals surface area contributed by atoms with Gasteiger partial charge in [-0.1, -0.05) is 12.1 Å². The number of ether oxygens (including phenoxy) is 2. The minimum absolute atomic E-state index is 0. The third-order valence-corrected chi connectivity index (χ3v) is 4.22. The highest BCUT2D eigenvalue weighted by atomic mass is 127. The Hall–Kier alpha value is -0.930. The van der Waals surface area contributed by atoms with Crippen LogP contribution in [0.1, 0.15) is 31.7 Å². The quantitative estimate of drug-likeness (QED) is 0.269. The van der Waals surface area contributed by atoms with Gasteiger partial charge in [-0.3, -0.25) is 0 Å². The third-order valence-electron chi connectivity index (χ3n) is 4.22. The van der Waals surface area contributed by atoms with Crippen LogP contribution in [-0.4, -0.2) is 56.9 Å². The summed E-state index contributed by atoms with van der Waals surface area (Å²) in [4.78, 5) is 6.93. The zero-order chi connectivity index (χ0) is 17.9. The number of aliphatic imine (C=N–C) groups is 1. The van der Waals surface area contributed by atoms with Crippen LogP contribution in [0.15, 0.2) is 29.3 Å². The Bertz CT molecular complexity index is 537. The van der Waals surface area contributed by atoms with E-state index >= 15 is 0 Å². The molecule has 1 saturated heterocycles. The lowest BCUT2D eigenvalue weighted by Crippen LogP contribution is -2.47. The minimum atomic E-state index is -0.218. The zero-order valence-electron chi connectivity index (χ0n) is 15.7. The van der Waals surface area contributed by atoms with Crippen LogP contribution in [0.4, 0.5) is 4.39 Å².